The molecule has 0 bridgehead atoms. The first-order chi connectivity index (χ1) is 7.65. The smallest absolute Gasteiger partial charge is 0.136 e. The van der Waals surface area contributed by atoms with Gasteiger partial charge in [-0.2, -0.15) is 0 Å². The zero-order chi connectivity index (χ0) is 12.0. The van der Waals surface area contributed by atoms with E-state index in [4.69, 9.17) is 0 Å². The van der Waals surface area contributed by atoms with E-state index in [0.717, 1.165) is 17.9 Å². The molecule has 0 aliphatic carbocycles. The van der Waals surface area contributed by atoms with Crippen molar-refractivity contribution in [2.45, 2.75) is 43.4 Å². The number of nitrogens with one attached hydrogen (secondary N) is 1. The zero-order valence-corrected chi connectivity index (χ0v) is 11.0. The van der Waals surface area contributed by atoms with Crippen molar-refractivity contribution in [3.63, 3.8) is 0 Å². The van der Waals surface area contributed by atoms with Crippen LogP contribution in [0.2, 0.25) is 0 Å². The van der Waals surface area contributed by atoms with Crippen LogP contribution < -0.4 is 5.32 Å². The molecule has 1 aromatic rings. The molecule has 0 aliphatic rings. The predicted molar refractivity (Wildman–Crippen MR) is 69.5 cm³/mol. The molecule has 2 atom stereocenters. The van der Waals surface area contributed by atoms with Crippen molar-refractivity contribution in [3.8, 4) is 0 Å². The summed E-state index contributed by atoms with van der Waals surface area (Å²) in [6.45, 7) is 7.44. The van der Waals surface area contributed by atoms with Gasteiger partial charge >= 0.3 is 0 Å². The van der Waals surface area contributed by atoms with E-state index in [0.29, 0.717) is 11.3 Å². The lowest BCUT2D eigenvalue weighted by Gasteiger charge is -2.20. The van der Waals surface area contributed by atoms with Gasteiger partial charge in [-0.1, -0.05) is 26.0 Å². The average molecular weight is 241 g/mol. The summed E-state index contributed by atoms with van der Waals surface area (Å²) in [4.78, 5) is 0.736. The summed E-state index contributed by atoms with van der Waals surface area (Å²) in [7, 11) is 0. The highest BCUT2D eigenvalue weighted by atomic mass is 32.2. The van der Waals surface area contributed by atoms with Gasteiger partial charge in [0, 0.05) is 16.2 Å². The van der Waals surface area contributed by atoms with Crippen LogP contribution in [0.3, 0.4) is 0 Å². The second-order valence-electron chi connectivity index (χ2n) is 4.00. The minimum Gasteiger partial charge on any atom is -0.313 e. The van der Waals surface area contributed by atoms with Gasteiger partial charge in [0.05, 0.1) is 0 Å². The maximum Gasteiger partial charge on any atom is 0.136 e. The van der Waals surface area contributed by atoms with Crippen LogP contribution in [0.5, 0.6) is 0 Å². The first-order valence-corrected chi connectivity index (χ1v) is 6.67. The summed E-state index contributed by atoms with van der Waals surface area (Å²) in [5, 5.41) is 3.79. The van der Waals surface area contributed by atoms with Gasteiger partial charge in [-0.25, -0.2) is 4.39 Å². The summed E-state index contributed by atoms with van der Waals surface area (Å²) in [6.07, 6.45) is 1.13. The highest BCUT2D eigenvalue weighted by molar-refractivity contribution is 8.00. The molecule has 0 spiro atoms. The van der Waals surface area contributed by atoms with Crippen LogP contribution in [0.4, 0.5) is 4.39 Å². The predicted octanol–water partition coefficient (Wildman–Crippen LogP) is 3.69. The zero-order valence-electron chi connectivity index (χ0n) is 10.2. The first-order valence-electron chi connectivity index (χ1n) is 5.79. The standard InChI is InChI=1S/C13H20FNS/c1-4-9-15-10(2)11(3)16-13-8-6-5-7-12(13)14/h5-8,10-11,15H,4,9H2,1-3H3. The fourth-order valence-corrected chi connectivity index (χ4v) is 2.42. The normalized spacial score (nSPS) is 14.8. The van der Waals surface area contributed by atoms with E-state index in [1.807, 2.05) is 12.1 Å². The third kappa shape index (κ3) is 4.14. The molecule has 0 aromatic heterocycles. The van der Waals surface area contributed by atoms with E-state index in [1.165, 1.54) is 6.07 Å². The summed E-state index contributed by atoms with van der Waals surface area (Å²) < 4.78 is 13.4. The van der Waals surface area contributed by atoms with Crippen LogP contribution in [-0.2, 0) is 0 Å². The van der Waals surface area contributed by atoms with Crippen LogP contribution in [0.1, 0.15) is 27.2 Å². The van der Waals surface area contributed by atoms with E-state index in [-0.39, 0.29) is 5.82 Å². The average Bonchev–Trinajstić information content (AvgIpc) is 2.28. The van der Waals surface area contributed by atoms with Gasteiger partial charge in [-0.05, 0) is 32.0 Å². The van der Waals surface area contributed by atoms with E-state index < -0.39 is 0 Å². The quantitative estimate of drug-likeness (QED) is 0.762. The van der Waals surface area contributed by atoms with E-state index in [2.05, 4.69) is 26.1 Å². The van der Waals surface area contributed by atoms with Crippen molar-refractivity contribution in [3.05, 3.63) is 30.1 Å². The summed E-state index contributed by atoms with van der Waals surface area (Å²) in [5.41, 5.74) is 0. The lowest BCUT2D eigenvalue weighted by molar-refractivity contribution is 0.540. The molecule has 0 saturated carbocycles. The van der Waals surface area contributed by atoms with Gasteiger partial charge < -0.3 is 5.32 Å². The second-order valence-corrected chi connectivity index (χ2v) is 5.42. The molecule has 3 heteroatoms. The molecule has 1 rings (SSSR count). The maximum absolute atomic E-state index is 13.4. The van der Waals surface area contributed by atoms with Crippen molar-refractivity contribution in [1.29, 1.82) is 0 Å². The van der Waals surface area contributed by atoms with Gasteiger partial charge in [-0.3, -0.25) is 0 Å². The Hall–Kier alpha value is -0.540. The Bertz CT molecular complexity index is 317. The Kier molecular flexibility index (Phi) is 5.85. The lowest BCUT2D eigenvalue weighted by Crippen LogP contribution is -2.34. The number of thioether (sulfide) groups is 1. The van der Waals surface area contributed by atoms with Crippen molar-refractivity contribution in [1.82, 2.24) is 5.32 Å². The highest BCUT2D eigenvalue weighted by Crippen LogP contribution is 2.27. The molecule has 0 saturated heterocycles. The Morgan fingerprint density at radius 2 is 2.00 bits per heavy atom. The van der Waals surface area contributed by atoms with E-state index in [9.17, 15) is 4.39 Å². The Balaban J connectivity index is 2.50. The molecule has 1 N–H and O–H groups in total. The summed E-state index contributed by atoms with van der Waals surface area (Å²) in [5.74, 6) is -0.123. The van der Waals surface area contributed by atoms with E-state index >= 15 is 0 Å². The maximum atomic E-state index is 13.4. The molecule has 0 fully saturated rings. The third-order valence-corrected chi connectivity index (χ3v) is 3.94. The molecule has 90 valence electrons. The summed E-state index contributed by atoms with van der Waals surface area (Å²) in [6, 6.07) is 7.34. The van der Waals surface area contributed by atoms with Crippen molar-refractivity contribution in [2.24, 2.45) is 0 Å². The van der Waals surface area contributed by atoms with Crippen molar-refractivity contribution >= 4 is 11.8 Å². The van der Waals surface area contributed by atoms with Gasteiger partial charge in [0.15, 0.2) is 0 Å². The second kappa shape index (κ2) is 6.92. The fourth-order valence-electron chi connectivity index (χ4n) is 1.38. The monoisotopic (exact) mass is 241 g/mol. The van der Waals surface area contributed by atoms with Gasteiger partial charge in [0.1, 0.15) is 5.82 Å². The molecule has 0 radical (unpaired) electrons. The number of benzene rings is 1. The first kappa shape index (κ1) is 13.5. The van der Waals surface area contributed by atoms with Crippen LogP contribution >= 0.6 is 11.8 Å². The van der Waals surface area contributed by atoms with Crippen LogP contribution in [-0.4, -0.2) is 17.8 Å². The Morgan fingerprint density at radius 3 is 2.62 bits per heavy atom. The van der Waals surface area contributed by atoms with Crippen molar-refractivity contribution in [2.75, 3.05) is 6.54 Å². The fraction of sp³-hybridized carbons (Fsp3) is 0.538. The number of hydrogen-bond donors (Lipinski definition) is 1. The molecule has 16 heavy (non-hydrogen) atoms. The molecule has 0 heterocycles. The lowest BCUT2D eigenvalue weighted by atomic mass is 10.2. The van der Waals surface area contributed by atoms with Gasteiger partial charge in [-0.15, -0.1) is 11.8 Å². The van der Waals surface area contributed by atoms with E-state index in [1.54, 1.807) is 17.8 Å². The minimum atomic E-state index is -0.123. The Morgan fingerprint density at radius 1 is 1.31 bits per heavy atom. The molecule has 1 nitrogen and oxygen atoms in total. The minimum absolute atomic E-state index is 0.123. The van der Waals surface area contributed by atoms with Crippen LogP contribution in [0, 0.1) is 5.82 Å². The van der Waals surface area contributed by atoms with Crippen LogP contribution in [0.25, 0.3) is 0 Å². The number of halogens is 1. The topological polar surface area (TPSA) is 12.0 Å². The highest BCUT2D eigenvalue weighted by Gasteiger charge is 2.14. The summed E-state index contributed by atoms with van der Waals surface area (Å²) >= 11 is 1.59. The molecule has 0 aliphatic heterocycles. The molecule has 1 aromatic carbocycles. The van der Waals surface area contributed by atoms with Crippen LogP contribution in [0.15, 0.2) is 29.2 Å². The molecular weight excluding hydrogens is 221 g/mol. The van der Waals surface area contributed by atoms with Gasteiger partial charge in [0.25, 0.3) is 0 Å². The number of hydrogen-bond acceptors (Lipinski definition) is 2. The SMILES string of the molecule is CCCNC(C)C(C)Sc1ccccc1F. The Labute approximate surface area is 102 Å². The number of rotatable bonds is 6. The molecule has 0 amide bonds. The largest absolute Gasteiger partial charge is 0.313 e. The van der Waals surface area contributed by atoms with Crippen molar-refractivity contribution < 1.29 is 4.39 Å². The van der Waals surface area contributed by atoms with Gasteiger partial charge in [0.2, 0.25) is 0 Å². The molecular formula is C13H20FNS. The third-order valence-electron chi connectivity index (χ3n) is 2.57. The molecule has 2 unspecified atom stereocenters.